The van der Waals surface area contributed by atoms with Crippen LogP contribution in [0.3, 0.4) is 0 Å². The van der Waals surface area contributed by atoms with E-state index in [1.807, 2.05) is 6.07 Å². The van der Waals surface area contributed by atoms with Gasteiger partial charge in [-0.15, -0.1) is 0 Å². The number of pyridine rings is 1. The van der Waals surface area contributed by atoms with E-state index in [0.717, 1.165) is 31.1 Å². The van der Waals surface area contributed by atoms with Crippen molar-refractivity contribution in [2.75, 3.05) is 20.2 Å². The second-order valence-corrected chi connectivity index (χ2v) is 4.08. The van der Waals surface area contributed by atoms with E-state index >= 15 is 0 Å². The van der Waals surface area contributed by atoms with Gasteiger partial charge in [-0.05, 0) is 32.0 Å². The first-order valence-electron chi connectivity index (χ1n) is 5.82. The summed E-state index contributed by atoms with van der Waals surface area (Å²) in [6, 6.07) is 4.62. The van der Waals surface area contributed by atoms with Crippen LogP contribution in [0.4, 0.5) is 0 Å². The largest absolute Gasteiger partial charge is 0.481 e. The molecule has 1 saturated heterocycles. The molecule has 4 heteroatoms. The maximum atomic E-state index is 5.22. The molecule has 1 aromatic rings. The van der Waals surface area contributed by atoms with Gasteiger partial charge in [0, 0.05) is 24.3 Å². The molecule has 1 aliphatic rings. The molecule has 1 aromatic heterocycles. The first-order valence-corrected chi connectivity index (χ1v) is 5.82. The van der Waals surface area contributed by atoms with Gasteiger partial charge in [0.25, 0.3) is 0 Å². The Morgan fingerprint density at radius 3 is 3.06 bits per heavy atom. The number of ether oxygens (including phenoxy) is 1. The van der Waals surface area contributed by atoms with Crippen molar-refractivity contribution in [2.45, 2.75) is 25.4 Å². The maximum absolute atomic E-state index is 5.22. The topological polar surface area (TPSA) is 46.2 Å². The van der Waals surface area contributed by atoms with Gasteiger partial charge in [0.2, 0.25) is 5.88 Å². The molecule has 0 aliphatic carbocycles. The van der Waals surface area contributed by atoms with Crippen LogP contribution in [0.2, 0.25) is 0 Å². The summed E-state index contributed by atoms with van der Waals surface area (Å²) in [4.78, 5) is 4.19. The minimum atomic E-state index is 0.617. The zero-order valence-corrected chi connectivity index (χ0v) is 9.70. The maximum Gasteiger partial charge on any atom is 0.217 e. The van der Waals surface area contributed by atoms with Crippen molar-refractivity contribution in [3.8, 4) is 5.88 Å². The summed E-state index contributed by atoms with van der Waals surface area (Å²) in [5.74, 6) is 0.726. The summed E-state index contributed by atoms with van der Waals surface area (Å²) in [7, 11) is 1.66. The van der Waals surface area contributed by atoms with Gasteiger partial charge in [0.05, 0.1) is 7.11 Å². The lowest BCUT2D eigenvalue weighted by Gasteiger charge is -2.24. The highest BCUT2D eigenvalue weighted by atomic mass is 16.5. The first kappa shape index (κ1) is 11.4. The summed E-state index contributed by atoms with van der Waals surface area (Å²) in [5.41, 5.74) is 1.13. The fourth-order valence-corrected chi connectivity index (χ4v) is 2.02. The van der Waals surface area contributed by atoms with Crippen LogP contribution in [-0.2, 0) is 6.54 Å². The van der Waals surface area contributed by atoms with Crippen LogP contribution in [0, 0.1) is 0 Å². The van der Waals surface area contributed by atoms with Crippen molar-refractivity contribution in [3.05, 3.63) is 23.9 Å². The molecule has 0 unspecified atom stereocenters. The summed E-state index contributed by atoms with van der Waals surface area (Å²) >= 11 is 0. The molecule has 2 N–H and O–H groups in total. The molecule has 1 aliphatic heterocycles. The van der Waals surface area contributed by atoms with E-state index < -0.39 is 0 Å². The number of nitrogens with zero attached hydrogens (tertiary/aromatic N) is 1. The van der Waals surface area contributed by atoms with Crippen LogP contribution in [0.25, 0.3) is 0 Å². The van der Waals surface area contributed by atoms with Crippen molar-refractivity contribution < 1.29 is 4.74 Å². The molecule has 0 spiro atoms. The molecule has 2 rings (SSSR count). The van der Waals surface area contributed by atoms with Crippen molar-refractivity contribution >= 4 is 0 Å². The van der Waals surface area contributed by atoms with Crippen LogP contribution in [0.5, 0.6) is 5.88 Å². The second-order valence-electron chi connectivity index (χ2n) is 4.08. The molecule has 4 nitrogen and oxygen atoms in total. The molecule has 0 aromatic carbocycles. The summed E-state index contributed by atoms with van der Waals surface area (Å²) in [5, 5.41) is 6.91. The predicted octanol–water partition coefficient (Wildman–Crippen LogP) is 0.932. The van der Waals surface area contributed by atoms with E-state index in [0.29, 0.717) is 6.04 Å². The van der Waals surface area contributed by atoms with Gasteiger partial charge in [-0.1, -0.05) is 6.07 Å². The number of piperidine rings is 1. The highest BCUT2D eigenvalue weighted by molar-refractivity contribution is 5.25. The van der Waals surface area contributed by atoms with Crippen molar-refractivity contribution in [3.63, 3.8) is 0 Å². The Morgan fingerprint density at radius 2 is 2.31 bits per heavy atom. The van der Waals surface area contributed by atoms with Crippen LogP contribution in [-0.4, -0.2) is 31.2 Å². The van der Waals surface area contributed by atoms with Crippen molar-refractivity contribution in [1.29, 1.82) is 0 Å². The van der Waals surface area contributed by atoms with E-state index in [-0.39, 0.29) is 0 Å². The molecule has 2 heterocycles. The Bertz CT molecular complexity index is 324. The number of rotatable bonds is 4. The number of methoxy groups -OCH3 is 1. The summed E-state index contributed by atoms with van der Waals surface area (Å²) < 4.78 is 5.22. The van der Waals surface area contributed by atoms with Gasteiger partial charge in [-0.2, -0.15) is 0 Å². The zero-order valence-electron chi connectivity index (χ0n) is 9.70. The standard InChI is InChI=1S/C12H19N3O/c1-16-12-10(3-2-6-14-12)9-15-11-4-7-13-8-5-11/h2-3,6,11,13,15H,4-5,7-9H2,1H3. The minimum Gasteiger partial charge on any atom is -0.481 e. The van der Waals surface area contributed by atoms with Crippen LogP contribution < -0.4 is 15.4 Å². The SMILES string of the molecule is COc1ncccc1CNC1CCNCC1. The molecule has 0 radical (unpaired) electrons. The normalized spacial score (nSPS) is 17.3. The smallest absolute Gasteiger partial charge is 0.217 e. The summed E-state index contributed by atoms with van der Waals surface area (Å²) in [6.45, 7) is 3.06. The van der Waals surface area contributed by atoms with Gasteiger partial charge >= 0.3 is 0 Å². The average Bonchev–Trinajstić information content (AvgIpc) is 2.38. The molecule has 0 amide bonds. The van der Waals surface area contributed by atoms with Gasteiger partial charge in [0.1, 0.15) is 0 Å². The highest BCUT2D eigenvalue weighted by Crippen LogP contribution is 2.14. The quantitative estimate of drug-likeness (QED) is 0.794. The third kappa shape index (κ3) is 2.93. The number of hydrogen-bond acceptors (Lipinski definition) is 4. The highest BCUT2D eigenvalue weighted by Gasteiger charge is 2.12. The molecule has 16 heavy (non-hydrogen) atoms. The Balaban J connectivity index is 1.88. The zero-order chi connectivity index (χ0) is 11.2. The molecule has 1 fully saturated rings. The Labute approximate surface area is 96.4 Å². The molecular weight excluding hydrogens is 202 g/mol. The molecule has 0 atom stereocenters. The van der Waals surface area contributed by atoms with Gasteiger partial charge in [0.15, 0.2) is 0 Å². The van der Waals surface area contributed by atoms with Crippen molar-refractivity contribution in [1.82, 2.24) is 15.6 Å². The second kappa shape index (κ2) is 5.82. The summed E-state index contributed by atoms with van der Waals surface area (Å²) in [6.07, 6.45) is 4.15. The lowest BCUT2D eigenvalue weighted by atomic mass is 10.1. The fourth-order valence-electron chi connectivity index (χ4n) is 2.02. The number of aromatic nitrogens is 1. The molecule has 88 valence electrons. The average molecular weight is 221 g/mol. The molecule has 0 bridgehead atoms. The lowest BCUT2D eigenvalue weighted by molar-refractivity contribution is 0.370. The van der Waals surface area contributed by atoms with E-state index in [4.69, 9.17) is 4.74 Å². The number of hydrogen-bond donors (Lipinski definition) is 2. The fraction of sp³-hybridized carbons (Fsp3) is 0.583. The molecular formula is C12H19N3O. The number of nitrogens with one attached hydrogen (secondary N) is 2. The minimum absolute atomic E-state index is 0.617. The Kier molecular flexibility index (Phi) is 4.13. The Morgan fingerprint density at radius 1 is 1.50 bits per heavy atom. The Hall–Kier alpha value is -1.13. The first-order chi connectivity index (χ1) is 7.90. The van der Waals surface area contributed by atoms with Crippen molar-refractivity contribution in [2.24, 2.45) is 0 Å². The van der Waals surface area contributed by atoms with Gasteiger partial charge < -0.3 is 15.4 Å². The monoisotopic (exact) mass is 221 g/mol. The van der Waals surface area contributed by atoms with Crippen LogP contribution in [0.15, 0.2) is 18.3 Å². The van der Waals surface area contributed by atoms with E-state index in [1.54, 1.807) is 13.3 Å². The third-order valence-corrected chi connectivity index (χ3v) is 2.96. The molecule has 0 saturated carbocycles. The lowest BCUT2D eigenvalue weighted by Crippen LogP contribution is -2.39. The predicted molar refractivity (Wildman–Crippen MR) is 63.5 cm³/mol. The van der Waals surface area contributed by atoms with Gasteiger partial charge in [-0.3, -0.25) is 0 Å². The van der Waals surface area contributed by atoms with E-state index in [2.05, 4.69) is 21.7 Å². The van der Waals surface area contributed by atoms with Gasteiger partial charge in [-0.25, -0.2) is 4.98 Å². The van der Waals surface area contributed by atoms with E-state index in [1.165, 1.54) is 12.8 Å². The van der Waals surface area contributed by atoms with E-state index in [9.17, 15) is 0 Å². The van der Waals surface area contributed by atoms with Crippen LogP contribution >= 0.6 is 0 Å². The third-order valence-electron chi connectivity index (χ3n) is 2.96. The van der Waals surface area contributed by atoms with Crippen LogP contribution in [0.1, 0.15) is 18.4 Å².